The Balaban J connectivity index is 1.77. The summed E-state index contributed by atoms with van der Waals surface area (Å²) in [6.45, 7) is 10.0. The van der Waals surface area contributed by atoms with Crippen molar-refractivity contribution in [2.24, 2.45) is 5.92 Å². The monoisotopic (exact) mass is 253 g/mol. The number of hydrogen-bond acceptors (Lipinski definition) is 4. The average molecular weight is 253 g/mol. The van der Waals surface area contributed by atoms with Crippen molar-refractivity contribution >= 4 is 11.3 Å². The van der Waals surface area contributed by atoms with Crippen LogP contribution in [-0.2, 0) is 13.1 Å². The maximum atomic E-state index is 4.68. The molecule has 4 heteroatoms. The molecule has 2 rings (SSSR count). The number of nitrogens with one attached hydrogen (secondary N) is 1. The molecule has 17 heavy (non-hydrogen) atoms. The Bertz CT molecular complexity index is 337. The lowest BCUT2D eigenvalue weighted by atomic mass is 10.2. The summed E-state index contributed by atoms with van der Waals surface area (Å²) in [5, 5.41) is 6.84. The van der Waals surface area contributed by atoms with Crippen LogP contribution in [0, 0.1) is 5.92 Å². The fourth-order valence-electron chi connectivity index (χ4n) is 2.27. The highest BCUT2D eigenvalue weighted by Crippen LogP contribution is 2.18. The van der Waals surface area contributed by atoms with E-state index < -0.39 is 0 Å². The highest BCUT2D eigenvalue weighted by molar-refractivity contribution is 7.09. The van der Waals surface area contributed by atoms with Gasteiger partial charge in [-0.05, 0) is 31.8 Å². The third-order valence-corrected chi connectivity index (χ3v) is 4.09. The van der Waals surface area contributed by atoms with Crippen molar-refractivity contribution in [2.45, 2.75) is 39.8 Å². The summed E-state index contributed by atoms with van der Waals surface area (Å²) >= 11 is 1.78. The topological polar surface area (TPSA) is 28.2 Å². The number of rotatable bonds is 6. The molecule has 1 aromatic heterocycles. The molecular formula is C13H23N3S. The number of hydrogen-bond donors (Lipinski definition) is 1. The van der Waals surface area contributed by atoms with Gasteiger partial charge in [-0.3, -0.25) is 4.90 Å². The molecule has 1 saturated heterocycles. The first-order chi connectivity index (χ1) is 8.28. The van der Waals surface area contributed by atoms with Gasteiger partial charge in [-0.1, -0.05) is 13.8 Å². The molecule has 1 atom stereocenters. The van der Waals surface area contributed by atoms with Crippen LogP contribution in [0.4, 0.5) is 0 Å². The second kappa shape index (κ2) is 6.47. The summed E-state index contributed by atoms with van der Waals surface area (Å²) in [6, 6.07) is 0. The standard InChI is InChI=1S/C13H23N3S/c1-3-5-14-7-13-15-12(10-17-13)9-16-6-4-11(2)8-16/h10-11,14H,3-9H2,1-2H3. The Morgan fingerprint density at radius 2 is 2.47 bits per heavy atom. The van der Waals surface area contributed by atoms with Gasteiger partial charge in [-0.25, -0.2) is 4.98 Å². The largest absolute Gasteiger partial charge is 0.310 e. The zero-order valence-electron chi connectivity index (χ0n) is 10.9. The van der Waals surface area contributed by atoms with Crippen molar-refractivity contribution < 1.29 is 0 Å². The molecule has 1 aromatic rings. The van der Waals surface area contributed by atoms with E-state index in [9.17, 15) is 0 Å². The number of nitrogens with zero attached hydrogens (tertiary/aromatic N) is 2. The van der Waals surface area contributed by atoms with E-state index >= 15 is 0 Å². The van der Waals surface area contributed by atoms with Gasteiger partial charge in [-0.15, -0.1) is 11.3 Å². The highest BCUT2D eigenvalue weighted by Gasteiger charge is 2.19. The first-order valence-electron chi connectivity index (χ1n) is 6.64. The molecule has 1 aliphatic heterocycles. The molecule has 0 saturated carbocycles. The smallest absolute Gasteiger partial charge is 0.107 e. The number of aromatic nitrogens is 1. The normalized spacial score (nSPS) is 21.2. The first-order valence-corrected chi connectivity index (χ1v) is 7.52. The number of likely N-dealkylation sites (tertiary alicyclic amines) is 1. The van der Waals surface area contributed by atoms with E-state index in [1.54, 1.807) is 11.3 Å². The van der Waals surface area contributed by atoms with Gasteiger partial charge in [0.15, 0.2) is 0 Å². The van der Waals surface area contributed by atoms with Crippen LogP contribution in [-0.4, -0.2) is 29.5 Å². The van der Waals surface area contributed by atoms with Gasteiger partial charge >= 0.3 is 0 Å². The van der Waals surface area contributed by atoms with Crippen LogP contribution in [0.3, 0.4) is 0 Å². The zero-order valence-corrected chi connectivity index (χ0v) is 11.7. The SMILES string of the molecule is CCCNCc1nc(CN2CCC(C)C2)cs1. The van der Waals surface area contributed by atoms with Gasteiger partial charge < -0.3 is 5.32 Å². The van der Waals surface area contributed by atoms with Crippen molar-refractivity contribution in [3.63, 3.8) is 0 Å². The summed E-state index contributed by atoms with van der Waals surface area (Å²) in [6.07, 6.45) is 2.53. The molecule has 0 radical (unpaired) electrons. The van der Waals surface area contributed by atoms with E-state index in [0.29, 0.717) is 0 Å². The number of thiazole rings is 1. The van der Waals surface area contributed by atoms with Gasteiger partial charge in [-0.2, -0.15) is 0 Å². The van der Waals surface area contributed by atoms with E-state index in [1.165, 1.54) is 36.6 Å². The van der Waals surface area contributed by atoms with Gasteiger partial charge in [0.25, 0.3) is 0 Å². The maximum absolute atomic E-state index is 4.68. The summed E-state index contributed by atoms with van der Waals surface area (Å²) in [7, 11) is 0. The molecule has 0 spiro atoms. The lowest BCUT2D eigenvalue weighted by molar-refractivity contribution is 0.317. The van der Waals surface area contributed by atoms with Crippen LogP contribution < -0.4 is 5.32 Å². The molecule has 3 nitrogen and oxygen atoms in total. The molecule has 1 N–H and O–H groups in total. The van der Waals surface area contributed by atoms with Crippen LogP contribution in [0.25, 0.3) is 0 Å². The van der Waals surface area contributed by atoms with Crippen molar-refractivity contribution in [2.75, 3.05) is 19.6 Å². The molecular weight excluding hydrogens is 230 g/mol. The van der Waals surface area contributed by atoms with Gasteiger partial charge in [0, 0.05) is 25.0 Å². The molecule has 1 unspecified atom stereocenters. The van der Waals surface area contributed by atoms with Crippen molar-refractivity contribution in [3.8, 4) is 0 Å². The summed E-state index contributed by atoms with van der Waals surface area (Å²) in [4.78, 5) is 7.20. The van der Waals surface area contributed by atoms with E-state index in [0.717, 1.165) is 25.6 Å². The van der Waals surface area contributed by atoms with Crippen LogP contribution in [0.5, 0.6) is 0 Å². The van der Waals surface area contributed by atoms with Crippen molar-refractivity contribution in [1.82, 2.24) is 15.2 Å². The first kappa shape index (κ1) is 13.0. The van der Waals surface area contributed by atoms with E-state index in [-0.39, 0.29) is 0 Å². The Kier molecular flexibility index (Phi) is 4.95. The molecule has 1 aliphatic rings. The minimum Gasteiger partial charge on any atom is -0.310 e. The molecule has 1 fully saturated rings. The average Bonchev–Trinajstić information content (AvgIpc) is 2.90. The van der Waals surface area contributed by atoms with Crippen molar-refractivity contribution in [3.05, 3.63) is 16.1 Å². The van der Waals surface area contributed by atoms with Gasteiger partial charge in [0.1, 0.15) is 5.01 Å². The quantitative estimate of drug-likeness (QED) is 0.790. The molecule has 0 amide bonds. The predicted octanol–water partition coefficient (Wildman–Crippen LogP) is 2.48. The lowest BCUT2D eigenvalue weighted by Crippen LogP contribution is -2.20. The molecule has 0 aliphatic carbocycles. The van der Waals surface area contributed by atoms with Crippen LogP contribution >= 0.6 is 11.3 Å². The summed E-state index contributed by atoms with van der Waals surface area (Å²) in [5.74, 6) is 0.860. The zero-order chi connectivity index (χ0) is 12.1. The van der Waals surface area contributed by atoms with Crippen LogP contribution in [0.15, 0.2) is 5.38 Å². The van der Waals surface area contributed by atoms with E-state index in [1.807, 2.05) is 0 Å². The van der Waals surface area contributed by atoms with Crippen LogP contribution in [0.2, 0.25) is 0 Å². The Hall–Kier alpha value is -0.450. The van der Waals surface area contributed by atoms with Crippen LogP contribution in [0.1, 0.15) is 37.4 Å². The summed E-state index contributed by atoms with van der Waals surface area (Å²) < 4.78 is 0. The third kappa shape index (κ3) is 4.05. The minimum atomic E-state index is 0.860. The maximum Gasteiger partial charge on any atom is 0.107 e. The van der Waals surface area contributed by atoms with E-state index in [4.69, 9.17) is 0 Å². The fraction of sp³-hybridized carbons (Fsp3) is 0.769. The van der Waals surface area contributed by atoms with Crippen molar-refractivity contribution in [1.29, 1.82) is 0 Å². The molecule has 0 bridgehead atoms. The van der Waals surface area contributed by atoms with Gasteiger partial charge in [0.05, 0.1) is 5.69 Å². The molecule has 0 aromatic carbocycles. The van der Waals surface area contributed by atoms with Gasteiger partial charge in [0.2, 0.25) is 0 Å². The second-order valence-corrected chi connectivity index (χ2v) is 5.98. The fourth-order valence-corrected chi connectivity index (χ4v) is 3.03. The molecule has 2 heterocycles. The van der Waals surface area contributed by atoms with E-state index in [2.05, 4.69) is 34.4 Å². The third-order valence-electron chi connectivity index (χ3n) is 3.20. The lowest BCUT2D eigenvalue weighted by Gasteiger charge is -2.12. The summed E-state index contributed by atoms with van der Waals surface area (Å²) in [5.41, 5.74) is 1.25. The molecule has 96 valence electrons. The Morgan fingerprint density at radius 1 is 1.59 bits per heavy atom. The highest BCUT2D eigenvalue weighted by atomic mass is 32.1. The Labute approximate surface area is 108 Å². The second-order valence-electron chi connectivity index (χ2n) is 5.04. The minimum absolute atomic E-state index is 0.860. The predicted molar refractivity (Wildman–Crippen MR) is 73.2 cm³/mol. The Morgan fingerprint density at radius 3 is 3.18 bits per heavy atom.